The third kappa shape index (κ3) is 4.46. The molecule has 1 atom stereocenters. The Labute approximate surface area is 125 Å². The normalized spacial score (nSPS) is 12.0. The van der Waals surface area contributed by atoms with Crippen LogP contribution in [-0.4, -0.2) is 18.1 Å². The zero-order valence-corrected chi connectivity index (χ0v) is 12.6. The summed E-state index contributed by atoms with van der Waals surface area (Å²) in [6, 6.07) is 10.0. The van der Waals surface area contributed by atoms with Crippen LogP contribution in [0.25, 0.3) is 0 Å². The number of nitrogens with zero attached hydrogens (tertiary/aromatic N) is 1. The minimum Gasteiger partial charge on any atom is -0.493 e. The number of ether oxygens (including phenoxy) is 2. The van der Waals surface area contributed by atoms with Crippen molar-refractivity contribution in [1.29, 1.82) is 0 Å². The lowest BCUT2D eigenvalue weighted by Crippen LogP contribution is -2.21. The lowest BCUT2D eigenvalue weighted by molar-refractivity contribution is 0.284. The molecule has 0 bridgehead atoms. The van der Waals surface area contributed by atoms with Gasteiger partial charge in [-0.25, -0.2) is 0 Å². The predicted octanol–water partition coefficient (Wildman–Crippen LogP) is 2.95. The molecule has 0 aliphatic rings. The maximum absolute atomic E-state index is 6.01. The molecule has 0 amide bonds. The number of benzene rings is 1. The fraction of sp³-hybridized carbons (Fsp3) is 0.353. The van der Waals surface area contributed by atoms with E-state index in [-0.39, 0.29) is 6.04 Å². The first kappa shape index (κ1) is 15.3. The van der Waals surface area contributed by atoms with Crippen molar-refractivity contribution in [2.24, 2.45) is 5.73 Å². The number of hydrogen-bond donors (Lipinski definition) is 1. The van der Waals surface area contributed by atoms with Gasteiger partial charge in [0.1, 0.15) is 6.61 Å². The van der Waals surface area contributed by atoms with Crippen LogP contribution >= 0.6 is 0 Å². The Hall–Kier alpha value is -2.07. The van der Waals surface area contributed by atoms with E-state index >= 15 is 0 Å². The molecule has 0 aliphatic heterocycles. The van der Waals surface area contributed by atoms with Crippen LogP contribution in [-0.2, 0) is 13.0 Å². The average molecular weight is 286 g/mol. The predicted molar refractivity (Wildman–Crippen MR) is 83.5 cm³/mol. The molecule has 0 fully saturated rings. The van der Waals surface area contributed by atoms with Crippen molar-refractivity contribution in [2.75, 3.05) is 7.11 Å². The molecule has 21 heavy (non-hydrogen) atoms. The largest absolute Gasteiger partial charge is 0.493 e. The van der Waals surface area contributed by atoms with E-state index in [1.165, 1.54) is 0 Å². The summed E-state index contributed by atoms with van der Waals surface area (Å²) < 4.78 is 11.2. The molecule has 0 spiro atoms. The Morgan fingerprint density at radius 1 is 1.10 bits per heavy atom. The van der Waals surface area contributed by atoms with E-state index in [0.717, 1.165) is 35.5 Å². The van der Waals surface area contributed by atoms with Gasteiger partial charge >= 0.3 is 0 Å². The standard InChI is InChI=1S/C17H22N2O2/c1-3-15(18)10-14-4-5-16(20-2)17(11-14)21-12-13-6-8-19-9-7-13/h4-9,11,15H,3,10,12,18H2,1-2H3. The van der Waals surface area contributed by atoms with Gasteiger partial charge < -0.3 is 15.2 Å². The first-order valence-electron chi connectivity index (χ1n) is 7.17. The molecule has 112 valence electrons. The van der Waals surface area contributed by atoms with E-state index in [4.69, 9.17) is 15.2 Å². The van der Waals surface area contributed by atoms with Gasteiger partial charge in [-0.05, 0) is 48.2 Å². The third-order valence-electron chi connectivity index (χ3n) is 3.39. The van der Waals surface area contributed by atoms with E-state index in [2.05, 4.69) is 11.9 Å². The summed E-state index contributed by atoms with van der Waals surface area (Å²) in [6.07, 6.45) is 5.31. The van der Waals surface area contributed by atoms with Crippen molar-refractivity contribution in [1.82, 2.24) is 4.98 Å². The molecular formula is C17H22N2O2. The van der Waals surface area contributed by atoms with Gasteiger partial charge in [0.05, 0.1) is 7.11 Å². The Kier molecular flexibility index (Phi) is 5.58. The van der Waals surface area contributed by atoms with Gasteiger partial charge in [-0.1, -0.05) is 13.0 Å². The van der Waals surface area contributed by atoms with Crippen LogP contribution in [0.3, 0.4) is 0 Å². The maximum atomic E-state index is 6.01. The zero-order valence-electron chi connectivity index (χ0n) is 12.6. The van der Waals surface area contributed by atoms with Gasteiger partial charge in [-0.2, -0.15) is 0 Å². The Morgan fingerprint density at radius 2 is 1.86 bits per heavy atom. The first-order chi connectivity index (χ1) is 10.2. The maximum Gasteiger partial charge on any atom is 0.161 e. The molecule has 0 saturated heterocycles. The molecule has 1 aromatic heterocycles. The molecule has 0 radical (unpaired) electrons. The summed E-state index contributed by atoms with van der Waals surface area (Å²) in [5.74, 6) is 1.48. The second-order valence-corrected chi connectivity index (χ2v) is 5.00. The zero-order chi connectivity index (χ0) is 15.1. The minimum absolute atomic E-state index is 0.173. The van der Waals surface area contributed by atoms with Crippen LogP contribution in [0, 0.1) is 0 Å². The average Bonchev–Trinajstić information content (AvgIpc) is 2.54. The summed E-state index contributed by atoms with van der Waals surface area (Å²) >= 11 is 0. The van der Waals surface area contributed by atoms with E-state index in [1.54, 1.807) is 19.5 Å². The lowest BCUT2D eigenvalue weighted by atomic mass is 10.0. The van der Waals surface area contributed by atoms with Crippen LogP contribution in [0.1, 0.15) is 24.5 Å². The minimum atomic E-state index is 0.173. The van der Waals surface area contributed by atoms with E-state index in [9.17, 15) is 0 Å². The number of nitrogens with two attached hydrogens (primary N) is 1. The van der Waals surface area contributed by atoms with Crippen molar-refractivity contribution in [3.8, 4) is 11.5 Å². The second kappa shape index (κ2) is 7.64. The summed E-state index contributed by atoms with van der Waals surface area (Å²) in [5, 5.41) is 0. The molecule has 1 unspecified atom stereocenters. The first-order valence-corrected chi connectivity index (χ1v) is 7.17. The van der Waals surface area contributed by atoms with Gasteiger partial charge in [0.15, 0.2) is 11.5 Å². The van der Waals surface area contributed by atoms with Crippen molar-refractivity contribution in [3.05, 3.63) is 53.9 Å². The second-order valence-electron chi connectivity index (χ2n) is 5.00. The monoisotopic (exact) mass is 286 g/mol. The molecule has 2 rings (SSSR count). The summed E-state index contributed by atoms with van der Waals surface area (Å²) in [6.45, 7) is 2.58. The molecule has 4 nitrogen and oxygen atoms in total. The quantitative estimate of drug-likeness (QED) is 0.850. The van der Waals surface area contributed by atoms with Gasteiger partial charge in [-0.3, -0.25) is 4.98 Å². The highest BCUT2D eigenvalue weighted by Gasteiger charge is 2.08. The molecule has 2 aromatic rings. The molecule has 1 aromatic carbocycles. The van der Waals surface area contributed by atoms with E-state index in [1.807, 2.05) is 30.3 Å². The van der Waals surface area contributed by atoms with Crippen LogP contribution < -0.4 is 15.2 Å². The molecule has 4 heteroatoms. The van der Waals surface area contributed by atoms with Gasteiger partial charge in [0.2, 0.25) is 0 Å². The van der Waals surface area contributed by atoms with Gasteiger partial charge in [0, 0.05) is 18.4 Å². The van der Waals surface area contributed by atoms with Crippen molar-refractivity contribution in [3.63, 3.8) is 0 Å². The Bertz CT molecular complexity index is 558. The number of pyridine rings is 1. The molecule has 0 aliphatic carbocycles. The van der Waals surface area contributed by atoms with Crippen molar-refractivity contribution in [2.45, 2.75) is 32.4 Å². The Balaban J connectivity index is 2.10. The number of methoxy groups -OCH3 is 1. The fourth-order valence-electron chi connectivity index (χ4n) is 2.05. The SMILES string of the molecule is CCC(N)Cc1ccc(OC)c(OCc2ccncc2)c1. The van der Waals surface area contributed by atoms with Crippen LogP contribution in [0.15, 0.2) is 42.7 Å². The highest BCUT2D eigenvalue weighted by Crippen LogP contribution is 2.29. The highest BCUT2D eigenvalue weighted by molar-refractivity contribution is 5.43. The van der Waals surface area contributed by atoms with Gasteiger partial charge in [0.25, 0.3) is 0 Å². The van der Waals surface area contributed by atoms with E-state index < -0.39 is 0 Å². The van der Waals surface area contributed by atoms with Crippen LogP contribution in [0.2, 0.25) is 0 Å². The number of hydrogen-bond acceptors (Lipinski definition) is 4. The highest BCUT2D eigenvalue weighted by atomic mass is 16.5. The lowest BCUT2D eigenvalue weighted by Gasteiger charge is -2.14. The van der Waals surface area contributed by atoms with Crippen molar-refractivity contribution >= 4 is 0 Å². The third-order valence-corrected chi connectivity index (χ3v) is 3.39. The smallest absolute Gasteiger partial charge is 0.161 e. The van der Waals surface area contributed by atoms with E-state index in [0.29, 0.717) is 6.61 Å². The van der Waals surface area contributed by atoms with Gasteiger partial charge in [-0.15, -0.1) is 0 Å². The summed E-state index contributed by atoms with van der Waals surface area (Å²) in [4.78, 5) is 4.00. The molecule has 2 N–H and O–H groups in total. The molecule has 0 saturated carbocycles. The van der Waals surface area contributed by atoms with Crippen LogP contribution in [0.4, 0.5) is 0 Å². The van der Waals surface area contributed by atoms with Crippen LogP contribution in [0.5, 0.6) is 11.5 Å². The summed E-state index contributed by atoms with van der Waals surface area (Å²) in [7, 11) is 1.64. The summed E-state index contributed by atoms with van der Waals surface area (Å²) in [5.41, 5.74) is 8.25. The van der Waals surface area contributed by atoms with Crippen molar-refractivity contribution < 1.29 is 9.47 Å². The molecular weight excluding hydrogens is 264 g/mol. The molecule has 1 heterocycles. The number of aromatic nitrogens is 1. The fourth-order valence-corrected chi connectivity index (χ4v) is 2.05. The Morgan fingerprint density at radius 3 is 2.52 bits per heavy atom. The number of rotatable bonds is 7. The topological polar surface area (TPSA) is 57.4 Å².